The van der Waals surface area contributed by atoms with Crippen LogP contribution in [-0.2, 0) is 14.0 Å². The molecule has 0 aliphatic carbocycles. The van der Waals surface area contributed by atoms with Crippen LogP contribution in [-0.4, -0.2) is 31.5 Å². The van der Waals surface area contributed by atoms with Crippen molar-refractivity contribution in [2.75, 3.05) is 7.11 Å². The molecule has 0 N–H and O–H groups in total. The monoisotopic (exact) mass is 200 g/mol. The van der Waals surface area contributed by atoms with E-state index in [1.165, 1.54) is 0 Å². The van der Waals surface area contributed by atoms with Crippen LogP contribution in [0.15, 0.2) is 0 Å². The second kappa shape index (κ2) is 3.84. The van der Waals surface area contributed by atoms with Crippen molar-refractivity contribution in [3.05, 3.63) is 0 Å². The molecule has 1 unspecified atom stereocenters. The first-order chi connectivity index (χ1) is 6.28. The molecule has 0 amide bonds. The molecule has 1 rings (SSSR count). The Balaban J connectivity index is 2.55. The highest BCUT2D eigenvalue weighted by Crippen LogP contribution is 2.37. The average Bonchev–Trinajstić information content (AvgIpc) is 2.20. The Morgan fingerprint density at radius 3 is 1.93 bits per heavy atom. The Hall–Kier alpha value is -0.0551. The lowest BCUT2D eigenvalue weighted by molar-refractivity contribution is 0.00578. The molecule has 82 valence electrons. The molecular formula is C10H21BO3. The van der Waals surface area contributed by atoms with Crippen molar-refractivity contribution in [1.29, 1.82) is 0 Å². The van der Waals surface area contributed by atoms with Gasteiger partial charge in [-0.1, -0.05) is 0 Å². The number of rotatable bonds is 3. The molecule has 0 radical (unpaired) electrons. The van der Waals surface area contributed by atoms with Crippen molar-refractivity contribution in [1.82, 2.24) is 0 Å². The minimum atomic E-state index is -0.231. The van der Waals surface area contributed by atoms with Crippen molar-refractivity contribution >= 4 is 7.12 Å². The Kier molecular flexibility index (Phi) is 3.29. The van der Waals surface area contributed by atoms with Gasteiger partial charge in [0.15, 0.2) is 0 Å². The summed E-state index contributed by atoms with van der Waals surface area (Å²) >= 11 is 0. The highest BCUT2D eigenvalue weighted by atomic mass is 16.7. The highest BCUT2D eigenvalue weighted by Gasteiger charge is 2.51. The first-order valence-electron chi connectivity index (χ1n) is 5.17. The lowest BCUT2D eigenvalue weighted by atomic mass is 9.82. The summed E-state index contributed by atoms with van der Waals surface area (Å²) in [6, 6.07) is 0. The van der Waals surface area contributed by atoms with Crippen molar-refractivity contribution in [2.45, 2.75) is 58.2 Å². The minimum absolute atomic E-state index is 0.144. The number of ether oxygens (including phenoxy) is 1. The Bertz CT molecular complexity index is 188. The van der Waals surface area contributed by atoms with Gasteiger partial charge in [-0.25, -0.2) is 0 Å². The molecule has 0 aromatic heterocycles. The molecule has 0 bridgehead atoms. The zero-order valence-corrected chi connectivity index (χ0v) is 10.1. The maximum Gasteiger partial charge on any atom is 0.460 e. The van der Waals surface area contributed by atoms with Crippen LogP contribution in [0.25, 0.3) is 0 Å². The molecule has 0 aromatic carbocycles. The lowest BCUT2D eigenvalue weighted by Gasteiger charge is -2.32. The van der Waals surface area contributed by atoms with Crippen molar-refractivity contribution in [3.63, 3.8) is 0 Å². The van der Waals surface area contributed by atoms with Gasteiger partial charge in [0.05, 0.1) is 17.3 Å². The lowest BCUT2D eigenvalue weighted by Crippen LogP contribution is -2.41. The van der Waals surface area contributed by atoms with Crippen LogP contribution in [0, 0.1) is 0 Å². The van der Waals surface area contributed by atoms with Gasteiger partial charge in [-0.05, 0) is 34.6 Å². The topological polar surface area (TPSA) is 27.7 Å². The van der Waals surface area contributed by atoms with Gasteiger partial charge in [0.25, 0.3) is 0 Å². The van der Waals surface area contributed by atoms with Gasteiger partial charge in [0, 0.05) is 13.4 Å². The summed E-state index contributed by atoms with van der Waals surface area (Å²) in [5.41, 5.74) is -0.462. The molecule has 1 aliphatic rings. The molecule has 3 nitrogen and oxygen atoms in total. The van der Waals surface area contributed by atoms with E-state index in [1.807, 2.05) is 6.92 Å². The molecule has 1 atom stereocenters. The second-order valence-corrected chi connectivity index (χ2v) is 4.97. The van der Waals surface area contributed by atoms with E-state index in [0.29, 0.717) is 0 Å². The molecule has 1 heterocycles. The quantitative estimate of drug-likeness (QED) is 0.653. The Labute approximate surface area is 87.3 Å². The van der Waals surface area contributed by atoms with Gasteiger partial charge in [0.2, 0.25) is 0 Å². The van der Waals surface area contributed by atoms with Crippen LogP contribution in [0.2, 0.25) is 6.32 Å². The van der Waals surface area contributed by atoms with E-state index >= 15 is 0 Å². The predicted molar refractivity (Wildman–Crippen MR) is 57.4 cm³/mol. The van der Waals surface area contributed by atoms with E-state index < -0.39 is 0 Å². The third-order valence-corrected chi connectivity index (χ3v) is 3.23. The molecule has 14 heavy (non-hydrogen) atoms. The van der Waals surface area contributed by atoms with Gasteiger partial charge in [0.1, 0.15) is 0 Å². The van der Waals surface area contributed by atoms with Crippen LogP contribution in [0.1, 0.15) is 34.6 Å². The first kappa shape index (κ1) is 12.0. The fourth-order valence-electron chi connectivity index (χ4n) is 1.43. The van der Waals surface area contributed by atoms with E-state index in [0.717, 1.165) is 6.32 Å². The number of hydrogen-bond donors (Lipinski definition) is 0. The van der Waals surface area contributed by atoms with E-state index in [1.54, 1.807) is 7.11 Å². The van der Waals surface area contributed by atoms with E-state index in [2.05, 4.69) is 27.7 Å². The minimum Gasteiger partial charge on any atom is -0.403 e. The predicted octanol–water partition coefficient (Wildman–Crippen LogP) is 2.11. The normalized spacial score (nSPS) is 26.6. The third-order valence-electron chi connectivity index (χ3n) is 3.23. The maximum atomic E-state index is 5.83. The molecule has 1 saturated heterocycles. The summed E-state index contributed by atoms with van der Waals surface area (Å²) in [6.45, 7) is 10.3. The van der Waals surface area contributed by atoms with Crippen LogP contribution in [0.4, 0.5) is 0 Å². The fourth-order valence-corrected chi connectivity index (χ4v) is 1.43. The largest absolute Gasteiger partial charge is 0.460 e. The van der Waals surface area contributed by atoms with Crippen LogP contribution < -0.4 is 0 Å². The molecule has 0 spiro atoms. The summed E-state index contributed by atoms with van der Waals surface area (Å²) in [7, 11) is 1.56. The summed E-state index contributed by atoms with van der Waals surface area (Å²) in [5, 5.41) is 0. The van der Waals surface area contributed by atoms with Crippen LogP contribution >= 0.6 is 0 Å². The third kappa shape index (κ3) is 2.30. The van der Waals surface area contributed by atoms with Gasteiger partial charge >= 0.3 is 7.12 Å². The summed E-state index contributed by atoms with van der Waals surface area (Å²) in [5.74, 6) is 0. The summed E-state index contributed by atoms with van der Waals surface area (Å²) in [6.07, 6.45) is 0.952. The number of hydrogen-bond acceptors (Lipinski definition) is 3. The SMILES string of the molecule is COC(C)CB1OC(C)(C)C(C)(C)O1. The highest BCUT2D eigenvalue weighted by molar-refractivity contribution is 6.45. The molecule has 0 aromatic rings. The standard InChI is InChI=1S/C10H21BO3/c1-8(12-6)7-11-13-9(2,3)10(4,5)14-11/h8H,7H2,1-6H3. The van der Waals surface area contributed by atoms with Crippen molar-refractivity contribution in [2.24, 2.45) is 0 Å². The fraction of sp³-hybridized carbons (Fsp3) is 1.00. The summed E-state index contributed by atoms with van der Waals surface area (Å²) in [4.78, 5) is 0. The first-order valence-corrected chi connectivity index (χ1v) is 5.17. The van der Waals surface area contributed by atoms with Crippen molar-refractivity contribution in [3.8, 4) is 0 Å². The maximum absolute atomic E-state index is 5.83. The molecule has 1 aliphatic heterocycles. The van der Waals surface area contributed by atoms with Crippen LogP contribution in [0.5, 0.6) is 0 Å². The summed E-state index contributed by atoms with van der Waals surface area (Å²) < 4.78 is 16.9. The van der Waals surface area contributed by atoms with Gasteiger partial charge in [-0.2, -0.15) is 0 Å². The Morgan fingerprint density at radius 1 is 1.14 bits per heavy atom. The van der Waals surface area contributed by atoms with E-state index in [4.69, 9.17) is 14.0 Å². The second-order valence-electron chi connectivity index (χ2n) is 4.97. The van der Waals surface area contributed by atoms with E-state index in [-0.39, 0.29) is 24.4 Å². The molecular weight excluding hydrogens is 179 g/mol. The van der Waals surface area contributed by atoms with Crippen LogP contribution in [0.3, 0.4) is 0 Å². The van der Waals surface area contributed by atoms with Gasteiger partial charge in [-0.15, -0.1) is 0 Å². The molecule has 1 fully saturated rings. The van der Waals surface area contributed by atoms with Crippen molar-refractivity contribution < 1.29 is 14.0 Å². The molecule has 4 heteroatoms. The average molecular weight is 200 g/mol. The number of methoxy groups -OCH3 is 1. The van der Waals surface area contributed by atoms with Gasteiger partial charge < -0.3 is 14.0 Å². The smallest absolute Gasteiger partial charge is 0.403 e. The Morgan fingerprint density at radius 2 is 1.57 bits per heavy atom. The zero-order chi connectivity index (χ0) is 11.0. The zero-order valence-electron chi connectivity index (χ0n) is 10.1. The van der Waals surface area contributed by atoms with E-state index in [9.17, 15) is 0 Å². The molecule has 0 saturated carbocycles. The van der Waals surface area contributed by atoms with Gasteiger partial charge in [-0.3, -0.25) is 0 Å².